The van der Waals surface area contributed by atoms with E-state index in [1.807, 2.05) is 27.7 Å². The van der Waals surface area contributed by atoms with Gasteiger partial charge in [0.2, 0.25) is 6.08 Å². The van der Waals surface area contributed by atoms with E-state index < -0.39 is 11.1 Å². The molecule has 2 unspecified atom stereocenters. The van der Waals surface area contributed by atoms with Crippen molar-refractivity contribution in [1.82, 2.24) is 5.06 Å². The molecule has 1 saturated heterocycles. The summed E-state index contributed by atoms with van der Waals surface area (Å²) in [5.41, 5.74) is -1.24. The second-order valence-corrected chi connectivity index (χ2v) is 4.37. The van der Waals surface area contributed by atoms with Crippen molar-refractivity contribution in [2.75, 3.05) is 6.54 Å². The van der Waals surface area contributed by atoms with Gasteiger partial charge in [-0.3, -0.25) is 0 Å². The Morgan fingerprint density at radius 3 is 2.31 bits per heavy atom. The molecule has 0 aliphatic carbocycles. The Bertz CT molecular complexity index is 258. The summed E-state index contributed by atoms with van der Waals surface area (Å²) in [6.45, 7) is 7.81. The number of hydrogen-bond acceptors (Lipinski definition) is 3. The van der Waals surface area contributed by atoms with E-state index in [0.29, 0.717) is 6.54 Å². The lowest BCUT2D eigenvalue weighted by Gasteiger charge is -2.36. The van der Waals surface area contributed by atoms with Crippen molar-refractivity contribution in [2.45, 2.75) is 38.8 Å². The van der Waals surface area contributed by atoms with Gasteiger partial charge >= 0.3 is 0 Å². The van der Waals surface area contributed by atoms with Crippen molar-refractivity contribution >= 4 is 6.08 Å². The lowest BCUT2D eigenvalue weighted by Crippen LogP contribution is -2.50. The first-order chi connectivity index (χ1) is 5.86. The van der Waals surface area contributed by atoms with Crippen LogP contribution in [0, 0.1) is 5.92 Å². The van der Waals surface area contributed by atoms with E-state index >= 15 is 0 Å². The molecule has 1 heterocycles. The molecule has 2 atom stereocenters. The zero-order valence-corrected chi connectivity index (χ0v) is 8.50. The third-order valence-corrected chi connectivity index (χ3v) is 3.54. The average molecular weight is 183 g/mol. The van der Waals surface area contributed by atoms with Crippen LogP contribution in [-0.2, 0) is 10.0 Å². The minimum absolute atomic E-state index is 0.0847. The summed E-state index contributed by atoms with van der Waals surface area (Å²) in [4.78, 5) is 14.1. The Hall–Kier alpha value is -0.700. The van der Waals surface area contributed by atoms with Crippen LogP contribution < -0.4 is 0 Å². The molecule has 1 rings (SSSR count). The summed E-state index contributed by atoms with van der Waals surface area (Å²) in [7, 11) is 0. The summed E-state index contributed by atoms with van der Waals surface area (Å²) in [6, 6.07) is 0. The predicted molar refractivity (Wildman–Crippen MR) is 47.2 cm³/mol. The molecule has 0 aromatic rings. The van der Waals surface area contributed by atoms with Crippen molar-refractivity contribution in [3.8, 4) is 0 Å². The second kappa shape index (κ2) is 2.91. The first-order valence-electron chi connectivity index (χ1n) is 4.40. The number of carbonyl (C=O) groups excluding carboxylic acids is 1. The fourth-order valence-corrected chi connectivity index (χ4v) is 1.85. The maximum atomic E-state index is 11.5. The van der Waals surface area contributed by atoms with Gasteiger partial charge in [-0.2, -0.15) is 4.99 Å². The first-order valence-corrected chi connectivity index (χ1v) is 4.40. The smallest absolute Gasteiger partial charge is 0.211 e. The number of rotatable bonds is 1. The van der Waals surface area contributed by atoms with Crippen LogP contribution in [0.5, 0.6) is 0 Å². The van der Waals surface area contributed by atoms with Crippen LogP contribution in [0.1, 0.15) is 27.7 Å². The van der Waals surface area contributed by atoms with E-state index in [1.54, 1.807) is 6.08 Å². The second-order valence-electron chi connectivity index (χ2n) is 4.37. The topological polar surface area (TPSA) is 52.6 Å². The van der Waals surface area contributed by atoms with Crippen LogP contribution in [0.15, 0.2) is 4.99 Å². The maximum Gasteiger partial charge on any atom is 0.235 e. The maximum absolute atomic E-state index is 11.5. The van der Waals surface area contributed by atoms with Crippen LogP contribution in [0.25, 0.3) is 0 Å². The van der Waals surface area contributed by atoms with Gasteiger partial charge in [0.15, 0.2) is 0 Å². The zero-order valence-electron chi connectivity index (χ0n) is 8.50. The minimum atomic E-state index is -0.621. The molecule has 0 N–H and O–H groups in total. The highest BCUT2D eigenvalue weighted by atomic mass is 16.5. The molecule has 0 amide bonds. The van der Waals surface area contributed by atoms with Crippen LogP contribution >= 0.6 is 0 Å². The number of aliphatic imine (C=N–C) groups is 1. The van der Waals surface area contributed by atoms with Crippen molar-refractivity contribution < 1.29 is 10.0 Å². The third-order valence-electron chi connectivity index (χ3n) is 3.54. The molecule has 1 fully saturated rings. The zero-order chi connectivity index (χ0) is 10.3. The molecule has 73 valence electrons. The fourth-order valence-electron chi connectivity index (χ4n) is 1.85. The van der Waals surface area contributed by atoms with E-state index in [9.17, 15) is 10.0 Å². The van der Waals surface area contributed by atoms with Gasteiger partial charge in [-0.15, -0.1) is 10.3 Å². The molecule has 0 spiro atoms. The third kappa shape index (κ3) is 1.22. The molecule has 13 heavy (non-hydrogen) atoms. The van der Waals surface area contributed by atoms with Crippen molar-refractivity contribution in [3.63, 3.8) is 0 Å². The molecule has 1 aliphatic heterocycles. The summed E-state index contributed by atoms with van der Waals surface area (Å²) < 4.78 is 0. The summed E-state index contributed by atoms with van der Waals surface area (Å²) in [5.74, 6) is 0.0847. The monoisotopic (exact) mass is 183 g/mol. The molecule has 1 aliphatic rings. The highest BCUT2D eigenvalue weighted by Gasteiger charge is 2.56. The van der Waals surface area contributed by atoms with Crippen LogP contribution in [-0.4, -0.2) is 28.8 Å². The van der Waals surface area contributed by atoms with Crippen molar-refractivity contribution in [2.24, 2.45) is 10.9 Å². The average Bonchev–Trinajstić information content (AvgIpc) is 2.15. The van der Waals surface area contributed by atoms with Gasteiger partial charge in [0.25, 0.3) is 0 Å². The predicted octanol–water partition coefficient (Wildman–Crippen LogP) is 1.16. The number of hydroxylamine groups is 2. The highest BCUT2D eigenvalue weighted by molar-refractivity contribution is 5.36. The van der Waals surface area contributed by atoms with Crippen LogP contribution in [0.2, 0.25) is 0 Å². The molecule has 4 heteroatoms. The van der Waals surface area contributed by atoms with Crippen LogP contribution in [0.3, 0.4) is 0 Å². The Labute approximate surface area is 78.2 Å². The fraction of sp³-hybridized carbons (Fsp3) is 0.889. The SMILES string of the molecule is CC1CN([O])C(C)(C)C1(C)N=C=O. The molecule has 4 nitrogen and oxygen atoms in total. The van der Waals surface area contributed by atoms with E-state index in [4.69, 9.17) is 0 Å². The Balaban J connectivity index is 3.14. The van der Waals surface area contributed by atoms with Gasteiger partial charge in [0, 0.05) is 6.54 Å². The highest BCUT2D eigenvalue weighted by Crippen LogP contribution is 2.43. The summed E-state index contributed by atoms with van der Waals surface area (Å²) in [5, 5.41) is 12.5. The summed E-state index contributed by atoms with van der Waals surface area (Å²) >= 11 is 0. The molecular weight excluding hydrogens is 168 g/mol. The van der Waals surface area contributed by atoms with Gasteiger partial charge in [0.05, 0.1) is 11.1 Å². The van der Waals surface area contributed by atoms with Crippen molar-refractivity contribution in [3.05, 3.63) is 0 Å². The minimum Gasteiger partial charge on any atom is -0.211 e. The van der Waals surface area contributed by atoms with Gasteiger partial charge in [-0.05, 0) is 26.7 Å². The molecular formula is C9H15N2O2. The van der Waals surface area contributed by atoms with E-state index in [0.717, 1.165) is 5.06 Å². The van der Waals surface area contributed by atoms with E-state index in [1.165, 1.54) is 0 Å². The van der Waals surface area contributed by atoms with Gasteiger partial charge in [0.1, 0.15) is 0 Å². The Morgan fingerprint density at radius 2 is 2.00 bits per heavy atom. The van der Waals surface area contributed by atoms with Gasteiger partial charge in [-0.1, -0.05) is 6.92 Å². The Morgan fingerprint density at radius 1 is 1.46 bits per heavy atom. The molecule has 0 aromatic heterocycles. The van der Waals surface area contributed by atoms with Crippen LogP contribution in [0.4, 0.5) is 0 Å². The summed E-state index contributed by atoms with van der Waals surface area (Å²) in [6.07, 6.45) is 1.57. The van der Waals surface area contributed by atoms with Gasteiger partial charge < -0.3 is 0 Å². The largest absolute Gasteiger partial charge is 0.235 e. The molecule has 0 aromatic carbocycles. The number of nitrogens with zero attached hydrogens (tertiary/aromatic N) is 2. The van der Waals surface area contributed by atoms with Gasteiger partial charge in [-0.25, -0.2) is 4.79 Å². The van der Waals surface area contributed by atoms with Crippen molar-refractivity contribution in [1.29, 1.82) is 0 Å². The Kier molecular flexibility index (Phi) is 2.32. The lowest BCUT2D eigenvalue weighted by atomic mass is 9.77. The molecule has 0 saturated carbocycles. The molecule has 1 radical (unpaired) electrons. The normalized spacial score (nSPS) is 38.7. The standard InChI is InChI=1S/C9H15N2O2/c1-7-5-11(13)8(2,3)9(7,4)10-6-12/h7H,5H2,1-4H3. The lowest BCUT2D eigenvalue weighted by molar-refractivity contribution is -0.203. The first kappa shape index (κ1) is 10.4. The van der Waals surface area contributed by atoms with E-state index in [2.05, 4.69) is 4.99 Å². The quantitative estimate of drug-likeness (QED) is 0.452. The number of hydrogen-bond donors (Lipinski definition) is 0. The number of isocyanates is 1. The van der Waals surface area contributed by atoms with E-state index in [-0.39, 0.29) is 5.92 Å². The molecule has 0 bridgehead atoms.